The van der Waals surface area contributed by atoms with Gasteiger partial charge in [-0.15, -0.1) is 0 Å². The minimum Gasteiger partial charge on any atom is -0.372 e. The molecule has 1 atom stereocenters. The van der Waals surface area contributed by atoms with Crippen LogP contribution in [0.1, 0.15) is 170 Å². The Morgan fingerprint density at radius 3 is 1.84 bits per heavy atom. The van der Waals surface area contributed by atoms with Crippen LogP contribution in [0.5, 0.6) is 0 Å². The minimum atomic E-state index is -0.246. The predicted octanol–water partition coefficient (Wildman–Crippen LogP) is 20.2. The maximum Gasteiger partial charge on any atom is 0.0940 e. The molecule has 370 valence electrons. The first-order valence-electron chi connectivity index (χ1n) is 26.8. The smallest absolute Gasteiger partial charge is 0.0940 e. The van der Waals surface area contributed by atoms with E-state index in [1.807, 2.05) is 6.08 Å². The van der Waals surface area contributed by atoms with Crippen molar-refractivity contribution >= 4 is 39.6 Å². The Balaban J connectivity index is 1.59. The van der Waals surface area contributed by atoms with Gasteiger partial charge in [-0.2, -0.15) is 0 Å². The Morgan fingerprint density at radius 2 is 1.26 bits per heavy atom. The summed E-state index contributed by atoms with van der Waals surface area (Å²) in [6.07, 6.45) is 25.8. The molecule has 0 radical (unpaired) electrons. The standard InChI is InChI=1S/C68H88N2/c1-18-24-26-39-68(40-27-25-19-2)61-43-50(32-36-57(61)58-38-34-54(45-62(58)68)67(14,15)66(12,13)53(30-22-5)41-47(7)8)49-31-35-55-56-37-33-52(65(10,11)51(28-20-3)29-21-4)44-60(56)64(63(69-16)59(55)42-49)70(17)46-48(9)23-6/h20-22,28-38,41-45,48H,3,7,16,18-19,23-27,39-40,46H2,1-2,4-6,8-15,17H3/b29-21-,30-22?,51-28+,53-41+. The number of rotatable bonds is 23. The number of aliphatic imine (C=N–C) groups is 1. The zero-order valence-electron chi connectivity index (χ0n) is 46.1. The van der Waals surface area contributed by atoms with Gasteiger partial charge < -0.3 is 4.90 Å². The molecule has 2 nitrogen and oxygen atoms in total. The highest BCUT2D eigenvalue weighted by Gasteiger charge is 2.46. The van der Waals surface area contributed by atoms with Crippen LogP contribution < -0.4 is 4.90 Å². The molecular formula is C68H88N2. The number of hydrogen-bond acceptors (Lipinski definition) is 2. The summed E-state index contributed by atoms with van der Waals surface area (Å²) in [6.45, 7) is 43.6. The van der Waals surface area contributed by atoms with Gasteiger partial charge in [0.25, 0.3) is 0 Å². The molecule has 70 heavy (non-hydrogen) atoms. The molecule has 1 aliphatic carbocycles. The summed E-state index contributed by atoms with van der Waals surface area (Å²) >= 11 is 0. The molecular weight excluding hydrogens is 845 g/mol. The molecule has 0 fully saturated rings. The highest BCUT2D eigenvalue weighted by molar-refractivity contribution is 6.20. The molecule has 6 rings (SSSR count). The van der Waals surface area contributed by atoms with Gasteiger partial charge in [-0.05, 0) is 142 Å². The molecule has 0 aromatic heterocycles. The minimum absolute atomic E-state index is 0.0766. The van der Waals surface area contributed by atoms with E-state index < -0.39 is 0 Å². The second-order valence-corrected chi connectivity index (χ2v) is 22.5. The van der Waals surface area contributed by atoms with Crippen molar-refractivity contribution in [1.29, 1.82) is 0 Å². The van der Waals surface area contributed by atoms with Crippen LogP contribution in [0.4, 0.5) is 11.4 Å². The van der Waals surface area contributed by atoms with Gasteiger partial charge in [0.2, 0.25) is 0 Å². The molecule has 0 saturated carbocycles. The van der Waals surface area contributed by atoms with E-state index in [1.54, 1.807) is 0 Å². The molecule has 1 aliphatic rings. The predicted molar refractivity (Wildman–Crippen MR) is 314 cm³/mol. The first-order chi connectivity index (χ1) is 33.3. The fourth-order valence-corrected chi connectivity index (χ4v) is 11.6. The summed E-state index contributed by atoms with van der Waals surface area (Å²) in [6, 6.07) is 29.2. The van der Waals surface area contributed by atoms with Crippen molar-refractivity contribution in [2.45, 2.75) is 164 Å². The summed E-state index contributed by atoms with van der Waals surface area (Å²) in [4.78, 5) is 7.40. The molecule has 5 aromatic carbocycles. The first-order valence-corrected chi connectivity index (χ1v) is 26.8. The number of benzene rings is 5. The average molecular weight is 933 g/mol. The quantitative estimate of drug-likeness (QED) is 0.0276. The Kier molecular flexibility index (Phi) is 17.2. The molecule has 0 spiro atoms. The van der Waals surface area contributed by atoms with Gasteiger partial charge in [0.05, 0.1) is 11.4 Å². The van der Waals surface area contributed by atoms with E-state index in [2.05, 4.69) is 231 Å². The van der Waals surface area contributed by atoms with Crippen LogP contribution in [-0.4, -0.2) is 20.3 Å². The van der Waals surface area contributed by atoms with Gasteiger partial charge in [-0.3, -0.25) is 4.99 Å². The summed E-state index contributed by atoms with van der Waals surface area (Å²) < 4.78 is 0. The van der Waals surface area contributed by atoms with Crippen LogP contribution in [-0.2, 0) is 16.2 Å². The number of anilines is 1. The van der Waals surface area contributed by atoms with Crippen LogP contribution >= 0.6 is 0 Å². The Labute approximate surface area is 426 Å². The lowest BCUT2D eigenvalue weighted by Crippen LogP contribution is -2.38. The van der Waals surface area contributed by atoms with Crippen molar-refractivity contribution in [3.63, 3.8) is 0 Å². The van der Waals surface area contributed by atoms with Crippen molar-refractivity contribution in [3.05, 3.63) is 167 Å². The zero-order chi connectivity index (χ0) is 51.2. The molecule has 0 aliphatic heterocycles. The molecule has 0 bridgehead atoms. The number of hydrogen-bond donors (Lipinski definition) is 0. The fourth-order valence-electron chi connectivity index (χ4n) is 11.6. The maximum atomic E-state index is 4.96. The van der Waals surface area contributed by atoms with E-state index >= 15 is 0 Å². The monoisotopic (exact) mass is 933 g/mol. The van der Waals surface area contributed by atoms with Crippen LogP contribution in [0, 0.1) is 11.3 Å². The van der Waals surface area contributed by atoms with Crippen LogP contribution in [0.15, 0.2) is 150 Å². The van der Waals surface area contributed by atoms with Crippen LogP contribution in [0.3, 0.4) is 0 Å². The third-order valence-electron chi connectivity index (χ3n) is 16.8. The number of unbranched alkanes of at least 4 members (excludes halogenated alkanes) is 4. The molecule has 5 aromatic rings. The third-order valence-corrected chi connectivity index (χ3v) is 16.8. The highest BCUT2D eigenvalue weighted by Crippen LogP contribution is 2.57. The number of nitrogens with zero attached hydrogens (tertiary/aromatic N) is 2. The summed E-state index contributed by atoms with van der Waals surface area (Å²) in [5.41, 5.74) is 16.1. The van der Waals surface area contributed by atoms with Gasteiger partial charge in [0.15, 0.2) is 0 Å². The van der Waals surface area contributed by atoms with E-state index in [9.17, 15) is 0 Å². The largest absolute Gasteiger partial charge is 0.372 e. The highest BCUT2D eigenvalue weighted by atomic mass is 15.1. The molecule has 1 unspecified atom stereocenters. The second kappa shape index (κ2) is 22.3. The summed E-state index contributed by atoms with van der Waals surface area (Å²) in [7, 11) is 2.24. The van der Waals surface area contributed by atoms with Gasteiger partial charge in [0.1, 0.15) is 0 Å². The van der Waals surface area contributed by atoms with E-state index in [4.69, 9.17) is 4.99 Å². The van der Waals surface area contributed by atoms with Gasteiger partial charge in [-0.1, -0.05) is 230 Å². The second-order valence-electron chi connectivity index (χ2n) is 22.5. The van der Waals surface area contributed by atoms with Crippen LogP contribution in [0.25, 0.3) is 43.8 Å². The summed E-state index contributed by atoms with van der Waals surface area (Å²) in [5.74, 6) is 0.518. The lowest BCUT2D eigenvalue weighted by atomic mass is 9.59. The maximum absolute atomic E-state index is 4.96. The first kappa shape index (κ1) is 53.9. The Hall–Kier alpha value is -5.47. The van der Waals surface area contributed by atoms with Crippen molar-refractivity contribution in [1.82, 2.24) is 0 Å². The fraction of sp³-hybridized carbons (Fsp3) is 0.426. The van der Waals surface area contributed by atoms with Crippen molar-refractivity contribution in [2.75, 3.05) is 18.5 Å². The van der Waals surface area contributed by atoms with Crippen molar-refractivity contribution < 1.29 is 0 Å². The lowest BCUT2D eigenvalue weighted by Gasteiger charge is -2.44. The van der Waals surface area contributed by atoms with E-state index in [0.29, 0.717) is 5.92 Å². The topological polar surface area (TPSA) is 15.6 Å². The van der Waals surface area contributed by atoms with Gasteiger partial charge in [0, 0.05) is 35.2 Å². The van der Waals surface area contributed by atoms with E-state index in [1.165, 1.54) is 110 Å². The SMILES string of the molecule is C=C/C=C(\C=C/C)C(C)(C)c1ccc2c(c1)c(N(C)CC(C)CC)c(N=C)c1cc(-c3ccc4c(c3)C(CCCCC)(CCCCC)c3cc(C(C)(C)C(C)(C)/C(C=CC)=C/C(=C)C)ccc3-4)ccc12. The van der Waals surface area contributed by atoms with E-state index in [0.717, 1.165) is 48.1 Å². The molecule has 0 N–H and O–H groups in total. The van der Waals surface area contributed by atoms with Crippen molar-refractivity contribution in [2.24, 2.45) is 16.3 Å². The zero-order valence-corrected chi connectivity index (χ0v) is 46.1. The van der Waals surface area contributed by atoms with Crippen LogP contribution in [0.2, 0.25) is 0 Å². The number of fused-ring (bicyclic) bond motifs is 6. The average Bonchev–Trinajstić information content (AvgIpc) is 3.60. The van der Waals surface area contributed by atoms with Crippen molar-refractivity contribution in [3.8, 4) is 22.3 Å². The third kappa shape index (κ3) is 10.2. The molecule has 2 heteroatoms. The van der Waals surface area contributed by atoms with Gasteiger partial charge in [-0.25, -0.2) is 0 Å². The Morgan fingerprint density at radius 1 is 0.700 bits per heavy atom. The lowest BCUT2D eigenvalue weighted by molar-refractivity contribution is 0.254. The molecule has 0 heterocycles. The summed E-state index contributed by atoms with van der Waals surface area (Å²) in [5, 5.41) is 4.81. The van der Waals surface area contributed by atoms with E-state index in [-0.39, 0.29) is 21.7 Å². The molecule has 0 saturated heterocycles. The normalized spacial score (nSPS) is 14.7. The van der Waals surface area contributed by atoms with Gasteiger partial charge >= 0.3 is 0 Å². The Bertz CT molecular complexity index is 2840. The molecule has 0 amide bonds. The number of allylic oxidation sites excluding steroid dienone is 10.